The minimum Gasteiger partial charge on any atom is -0.458 e. The van der Waals surface area contributed by atoms with E-state index in [0.29, 0.717) is 76.8 Å². The third-order valence-electron chi connectivity index (χ3n) is 10.8. The van der Waals surface area contributed by atoms with Crippen molar-refractivity contribution in [2.75, 3.05) is 85.9 Å². The Morgan fingerprint density at radius 3 is 1.06 bits per heavy atom. The van der Waals surface area contributed by atoms with Crippen molar-refractivity contribution in [2.45, 2.75) is 175 Å². The summed E-state index contributed by atoms with van der Waals surface area (Å²) in [5.74, 6) is -2.37. The van der Waals surface area contributed by atoms with E-state index in [2.05, 4.69) is 23.8 Å². The summed E-state index contributed by atoms with van der Waals surface area (Å²) in [7, 11) is 0. The SMILES string of the molecule is CCCCCCCCCCCCCc1c[nH]c(C(=O)OCCOCCOCC)c1F.CCCCCCCCCCCCCc1c[nH]c(C(=O)OCCOCCOCCOCCO)c1F. The smallest absolute Gasteiger partial charge is 0.357 e. The first kappa shape index (κ1) is 59.1. The van der Waals surface area contributed by atoms with Crippen LogP contribution in [0.1, 0.15) is 194 Å². The van der Waals surface area contributed by atoms with Crippen molar-refractivity contribution in [2.24, 2.45) is 0 Å². The zero-order valence-electron chi connectivity index (χ0n) is 40.2. The van der Waals surface area contributed by atoms with E-state index in [4.69, 9.17) is 38.3 Å². The van der Waals surface area contributed by atoms with E-state index in [1.807, 2.05) is 6.92 Å². The van der Waals surface area contributed by atoms with Gasteiger partial charge in [0.15, 0.2) is 23.0 Å². The molecule has 0 bridgehead atoms. The lowest BCUT2D eigenvalue weighted by Crippen LogP contribution is -2.15. The van der Waals surface area contributed by atoms with E-state index in [9.17, 15) is 18.4 Å². The summed E-state index contributed by atoms with van der Waals surface area (Å²) in [6.45, 7) is 10.5. The van der Waals surface area contributed by atoms with Crippen LogP contribution in [0.5, 0.6) is 0 Å². The van der Waals surface area contributed by atoms with E-state index < -0.39 is 23.6 Å². The molecular weight excluding hydrogens is 827 g/mol. The molecule has 0 saturated carbocycles. The first-order valence-corrected chi connectivity index (χ1v) is 25.0. The average molecular weight is 915 g/mol. The molecule has 0 aliphatic heterocycles. The number of aromatic amines is 2. The van der Waals surface area contributed by atoms with Crippen LogP contribution >= 0.6 is 0 Å². The zero-order valence-corrected chi connectivity index (χ0v) is 40.2. The number of carbonyl (C=O) groups excluding carboxylic acids is 2. The number of rotatable bonds is 44. The molecular formula is C50H88F2N2O10. The molecule has 3 N–H and O–H groups in total. The fourth-order valence-electron chi connectivity index (χ4n) is 7.01. The van der Waals surface area contributed by atoms with Crippen molar-refractivity contribution < 1.29 is 56.6 Å². The molecule has 0 radical (unpaired) electrons. The van der Waals surface area contributed by atoms with Gasteiger partial charge in [0.2, 0.25) is 0 Å². The van der Waals surface area contributed by atoms with E-state index in [1.54, 1.807) is 12.4 Å². The van der Waals surface area contributed by atoms with Gasteiger partial charge in [-0.2, -0.15) is 0 Å². The molecule has 14 heteroatoms. The molecule has 2 aromatic heterocycles. The van der Waals surface area contributed by atoms with Gasteiger partial charge in [0.25, 0.3) is 0 Å². The number of aliphatic hydroxyl groups excluding tert-OH is 1. The molecule has 2 aromatic rings. The highest BCUT2D eigenvalue weighted by atomic mass is 19.1. The number of ether oxygens (including phenoxy) is 7. The van der Waals surface area contributed by atoms with Crippen LogP contribution in [0.3, 0.4) is 0 Å². The predicted molar refractivity (Wildman–Crippen MR) is 249 cm³/mol. The molecule has 0 atom stereocenters. The van der Waals surface area contributed by atoms with Gasteiger partial charge in [-0.05, 0) is 32.6 Å². The minimum atomic E-state index is -0.705. The molecule has 0 aromatic carbocycles. The molecule has 2 heterocycles. The fraction of sp³-hybridized carbons (Fsp3) is 0.800. The quantitative estimate of drug-likeness (QED) is 0.0433. The number of aliphatic hydroxyl groups is 1. The number of carbonyl (C=O) groups is 2. The molecule has 64 heavy (non-hydrogen) atoms. The normalized spacial score (nSPS) is 11.2. The predicted octanol–water partition coefficient (Wildman–Crippen LogP) is 11.4. The molecule has 0 aliphatic rings. The number of aryl methyl sites for hydroxylation is 2. The Morgan fingerprint density at radius 2 is 0.734 bits per heavy atom. The van der Waals surface area contributed by atoms with Crippen LogP contribution in [0.4, 0.5) is 8.78 Å². The Hall–Kier alpha value is -2.88. The van der Waals surface area contributed by atoms with E-state index >= 15 is 0 Å². The maximum absolute atomic E-state index is 14.5. The lowest BCUT2D eigenvalue weighted by molar-refractivity contribution is -0.00334. The van der Waals surface area contributed by atoms with Crippen LogP contribution in [0.15, 0.2) is 12.4 Å². The first-order chi connectivity index (χ1) is 31.4. The fourth-order valence-corrected chi connectivity index (χ4v) is 7.01. The summed E-state index contributed by atoms with van der Waals surface area (Å²) >= 11 is 0. The van der Waals surface area contributed by atoms with Crippen molar-refractivity contribution in [3.05, 3.63) is 46.5 Å². The summed E-state index contributed by atoms with van der Waals surface area (Å²) in [6.07, 6.45) is 32.0. The minimum absolute atomic E-state index is 0.00503. The van der Waals surface area contributed by atoms with E-state index in [1.165, 1.54) is 116 Å². The number of hydrogen-bond acceptors (Lipinski definition) is 10. The molecule has 0 fully saturated rings. The van der Waals surface area contributed by atoms with E-state index in [-0.39, 0.29) is 44.4 Å². The molecule has 0 unspecified atom stereocenters. The lowest BCUT2D eigenvalue weighted by Gasteiger charge is -2.07. The van der Waals surface area contributed by atoms with Crippen LogP contribution in [0.25, 0.3) is 0 Å². The Kier molecular flexibility index (Phi) is 40.6. The topological polar surface area (TPSA) is 151 Å². The van der Waals surface area contributed by atoms with Crippen LogP contribution in [-0.2, 0) is 46.0 Å². The van der Waals surface area contributed by atoms with Gasteiger partial charge in [-0.1, -0.05) is 142 Å². The van der Waals surface area contributed by atoms with Crippen molar-refractivity contribution in [1.82, 2.24) is 9.97 Å². The van der Waals surface area contributed by atoms with Gasteiger partial charge in [-0.25, -0.2) is 18.4 Å². The average Bonchev–Trinajstić information content (AvgIpc) is 3.86. The van der Waals surface area contributed by atoms with Gasteiger partial charge >= 0.3 is 11.9 Å². The van der Waals surface area contributed by atoms with Gasteiger partial charge in [0.1, 0.15) is 13.2 Å². The Labute approximate surface area is 384 Å². The molecule has 2 rings (SSSR count). The van der Waals surface area contributed by atoms with Gasteiger partial charge < -0.3 is 48.2 Å². The number of halogens is 2. The monoisotopic (exact) mass is 915 g/mol. The zero-order chi connectivity index (χ0) is 46.6. The van der Waals surface area contributed by atoms with Gasteiger partial charge in [-0.3, -0.25) is 0 Å². The first-order valence-electron chi connectivity index (χ1n) is 25.0. The summed E-state index contributed by atoms with van der Waals surface area (Å²) in [4.78, 5) is 29.5. The lowest BCUT2D eigenvalue weighted by atomic mass is 10.0. The second-order valence-electron chi connectivity index (χ2n) is 16.2. The molecule has 0 saturated heterocycles. The Bertz CT molecular complexity index is 1360. The molecule has 12 nitrogen and oxygen atoms in total. The highest BCUT2D eigenvalue weighted by Crippen LogP contribution is 2.19. The number of nitrogens with one attached hydrogen (secondary N) is 2. The van der Waals surface area contributed by atoms with Crippen molar-refractivity contribution in [3.63, 3.8) is 0 Å². The molecule has 0 aliphatic carbocycles. The summed E-state index contributed by atoms with van der Waals surface area (Å²) in [5.41, 5.74) is 0.886. The van der Waals surface area contributed by atoms with Gasteiger partial charge in [-0.15, -0.1) is 0 Å². The molecule has 372 valence electrons. The molecule has 0 spiro atoms. The standard InChI is InChI=1S/C26H46FNO6.C24H42FNO4/c1-2-3-4-5-6-7-8-9-10-11-12-13-23-22-28-25(24(23)27)26(30)34-21-20-33-19-18-32-17-16-31-15-14-29;1-3-5-6-7-8-9-10-11-12-13-14-15-21-20-26-23(22(21)25)24(27)30-19-18-29-17-16-28-4-2/h22,28-29H,2-21H2,1H3;20,26H,3-19H2,1-2H3. The maximum Gasteiger partial charge on any atom is 0.357 e. The Balaban J connectivity index is 0.000000645. The molecule has 0 amide bonds. The van der Waals surface area contributed by atoms with Crippen molar-refractivity contribution in [1.29, 1.82) is 0 Å². The van der Waals surface area contributed by atoms with Crippen molar-refractivity contribution >= 4 is 11.9 Å². The third kappa shape index (κ3) is 31.9. The highest BCUT2D eigenvalue weighted by Gasteiger charge is 2.20. The van der Waals surface area contributed by atoms with E-state index in [0.717, 1.165) is 25.7 Å². The number of aromatic nitrogens is 2. The maximum atomic E-state index is 14.5. The summed E-state index contributed by atoms with van der Waals surface area (Å²) in [5, 5.41) is 8.57. The van der Waals surface area contributed by atoms with Gasteiger partial charge in [0.05, 0.1) is 66.1 Å². The van der Waals surface area contributed by atoms with Crippen LogP contribution < -0.4 is 0 Å². The van der Waals surface area contributed by atoms with Crippen LogP contribution in [0.2, 0.25) is 0 Å². The largest absolute Gasteiger partial charge is 0.458 e. The third-order valence-corrected chi connectivity index (χ3v) is 10.8. The van der Waals surface area contributed by atoms with Crippen molar-refractivity contribution in [3.8, 4) is 0 Å². The number of unbranched alkanes of at least 4 members (excludes halogenated alkanes) is 20. The summed E-state index contributed by atoms with van der Waals surface area (Å²) in [6, 6.07) is 0. The van der Waals surface area contributed by atoms with Gasteiger partial charge in [0, 0.05) is 30.1 Å². The summed E-state index contributed by atoms with van der Waals surface area (Å²) < 4.78 is 65.2. The highest BCUT2D eigenvalue weighted by molar-refractivity contribution is 5.88. The Morgan fingerprint density at radius 1 is 0.438 bits per heavy atom. The second kappa shape index (κ2) is 44.0. The number of H-pyrrole nitrogens is 2. The number of hydrogen-bond donors (Lipinski definition) is 3. The van der Waals surface area contributed by atoms with Crippen LogP contribution in [0, 0.1) is 11.6 Å². The van der Waals surface area contributed by atoms with Crippen LogP contribution in [-0.4, -0.2) is 113 Å². The second-order valence-corrected chi connectivity index (χ2v) is 16.2. The number of esters is 2.